The normalized spacial score (nSPS) is 18.0. The van der Waals surface area contributed by atoms with E-state index in [2.05, 4.69) is 23.6 Å². The second kappa shape index (κ2) is 6.29. The number of carbonyl (C=O) groups excluding carboxylic acids is 1. The van der Waals surface area contributed by atoms with Crippen LogP contribution >= 0.6 is 11.3 Å². The number of Topliss-reactive ketones (excluding diaryl/α,β-unsaturated/α-hetero) is 1. The molecule has 1 saturated carbocycles. The molecule has 0 saturated heterocycles. The van der Waals surface area contributed by atoms with E-state index in [9.17, 15) is 4.79 Å². The average Bonchev–Trinajstić information content (AvgIpc) is 2.91. The van der Waals surface area contributed by atoms with Crippen LogP contribution in [0.2, 0.25) is 0 Å². The number of fused-ring (bicyclic) bond motifs is 1. The number of carbonyl (C=O) groups is 1. The third-order valence-electron chi connectivity index (χ3n) is 4.87. The molecule has 0 bridgehead atoms. The summed E-state index contributed by atoms with van der Waals surface area (Å²) in [6.45, 7) is 0.656. The Bertz CT molecular complexity index is 625. The van der Waals surface area contributed by atoms with E-state index in [4.69, 9.17) is 5.73 Å². The fourth-order valence-electron chi connectivity index (χ4n) is 3.62. The van der Waals surface area contributed by atoms with Gasteiger partial charge in [-0.2, -0.15) is 0 Å². The zero-order valence-corrected chi connectivity index (χ0v) is 13.3. The van der Waals surface area contributed by atoms with Gasteiger partial charge in [0.05, 0.1) is 0 Å². The fourth-order valence-corrected chi connectivity index (χ4v) is 4.58. The molecule has 1 aliphatic carbocycles. The third-order valence-corrected chi connectivity index (χ3v) is 5.88. The number of benzene rings is 1. The SMILES string of the molecule is NCC1(CC(=O)Cc2csc3ccccc23)CCCCC1. The van der Waals surface area contributed by atoms with Crippen LogP contribution < -0.4 is 5.73 Å². The summed E-state index contributed by atoms with van der Waals surface area (Å²) in [5.41, 5.74) is 7.27. The molecule has 0 aliphatic heterocycles. The molecular formula is C18H23NOS. The van der Waals surface area contributed by atoms with Crippen LogP contribution in [0.25, 0.3) is 10.1 Å². The summed E-state index contributed by atoms with van der Waals surface area (Å²) < 4.78 is 1.27. The van der Waals surface area contributed by atoms with Crippen molar-refractivity contribution in [1.82, 2.24) is 0 Å². The Hall–Kier alpha value is -1.19. The molecule has 2 N–H and O–H groups in total. The van der Waals surface area contributed by atoms with Gasteiger partial charge in [0.1, 0.15) is 5.78 Å². The number of rotatable bonds is 5. The van der Waals surface area contributed by atoms with E-state index in [-0.39, 0.29) is 5.41 Å². The molecule has 1 heterocycles. The number of nitrogens with two attached hydrogens (primary N) is 1. The Balaban J connectivity index is 1.71. The van der Waals surface area contributed by atoms with Crippen molar-refractivity contribution in [2.75, 3.05) is 6.54 Å². The van der Waals surface area contributed by atoms with Crippen molar-refractivity contribution in [2.45, 2.75) is 44.9 Å². The van der Waals surface area contributed by atoms with Gasteiger partial charge in [0, 0.05) is 17.5 Å². The maximum Gasteiger partial charge on any atom is 0.137 e. The maximum atomic E-state index is 12.5. The van der Waals surface area contributed by atoms with Gasteiger partial charge in [-0.15, -0.1) is 11.3 Å². The van der Waals surface area contributed by atoms with Gasteiger partial charge in [0.25, 0.3) is 0 Å². The molecule has 112 valence electrons. The van der Waals surface area contributed by atoms with Crippen molar-refractivity contribution in [2.24, 2.45) is 11.1 Å². The Morgan fingerprint density at radius 1 is 1.19 bits per heavy atom. The minimum absolute atomic E-state index is 0.0845. The molecule has 2 aromatic rings. The summed E-state index contributed by atoms with van der Waals surface area (Å²) in [6.07, 6.45) is 7.22. The van der Waals surface area contributed by atoms with E-state index in [0.29, 0.717) is 25.2 Å². The van der Waals surface area contributed by atoms with Gasteiger partial charge in [0.15, 0.2) is 0 Å². The van der Waals surface area contributed by atoms with Crippen LogP contribution in [-0.2, 0) is 11.2 Å². The summed E-state index contributed by atoms with van der Waals surface area (Å²) in [4.78, 5) is 12.5. The lowest BCUT2D eigenvalue weighted by Crippen LogP contribution is -2.35. The first-order chi connectivity index (χ1) is 10.2. The molecule has 1 aromatic carbocycles. The van der Waals surface area contributed by atoms with Gasteiger partial charge >= 0.3 is 0 Å². The van der Waals surface area contributed by atoms with Crippen molar-refractivity contribution in [1.29, 1.82) is 0 Å². The van der Waals surface area contributed by atoms with Crippen molar-refractivity contribution < 1.29 is 4.79 Å². The molecule has 3 heteroatoms. The lowest BCUT2D eigenvalue weighted by molar-refractivity contribution is -0.121. The Kier molecular flexibility index (Phi) is 4.41. The molecule has 1 fully saturated rings. The zero-order valence-electron chi connectivity index (χ0n) is 12.4. The van der Waals surface area contributed by atoms with Crippen LogP contribution in [0.1, 0.15) is 44.1 Å². The minimum Gasteiger partial charge on any atom is -0.330 e. The van der Waals surface area contributed by atoms with E-state index in [1.165, 1.54) is 34.9 Å². The van der Waals surface area contributed by atoms with Gasteiger partial charge in [-0.25, -0.2) is 0 Å². The van der Waals surface area contributed by atoms with Crippen molar-refractivity contribution >= 4 is 27.2 Å². The summed E-state index contributed by atoms with van der Waals surface area (Å²) in [5.74, 6) is 0.353. The van der Waals surface area contributed by atoms with Gasteiger partial charge in [-0.05, 0) is 47.2 Å². The molecule has 21 heavy (non-hydrogen) atoms. The Labute approximate surface area is 130 Å². The van der Waals surface area contributed by atoms with Crippen LogP contribution in [0, 0.1) is 5.41 Å². The van der Waals surface area contributed by atoms with E-state index in [0.717, 1.165) is 12.8 Å². The Morgan fingerprint density at radius 2 is 1.95 bits per heavy atom. The lowest BCUT2D eigenvalue weighted by Gasteiger charge is -2.35. The minimum atomic E-state index is 0.0845. The quantitative estimate of drug-likeness (QED) is 0.894. The highest BCUT2D eigenvalue weighted by atomic mass is 32.1. The molecule has 1 aromatic heterocycles. The largest absolute Gasteiger partial charge is 0.330 e. The molecule has 0 amide bonds. The van der Waals surface area contributed by atoms with E-state index < -0.39 is 0 Å². The molecule has 0 atom stereocenters. The van der Waals surface area contributed by atoms with Crippen LogP contribution in [-0.4, -0.2) is 12.3 Å². The first-order valence-electron chi connectivity index (χ1n) is 7.89. The number of thiophene rings is 1. The first-order valence-corrected chi connectivity index (χ1v) is 8.77. The first kappa shape index (κ1) is 14.7. The topological polar surface area (TPSA) is 43.1 Å². The van der Waals surface area contributed by atoms with Crippen LogP contribution in [0.5, 0.6) is 0 Å². The molecule has 0 unspecified atom stereocenters. The highest BCUT2D eigenvalue weighted by Gasteiger charge is 2.32. The van der Waals surface area contributed by atoms with Gasteiger partial charge in [-0.1, -0.05) is 37.5 Å². The predicted octanol–water partition coefficient (Wildman–Crippen LogP) is 4.31. The van der Waals surface area contributed by atoms with Gasteiger partial charge in [-0.3, -0.25) is 4.79 Å². The highest BCUT2D eigenvalue weighted by molar-refractivity contribution is 7.17. The molecule has 1 aliphatic rings. The smallest absolute Gasteiger partial charge is 0.137 e. The predicted molar refractivity (Wildman–Crippen MR) is 89.7 cm³/mol. The molecule has 3 rings (SSSR count). The van der Waals surface area contributed by atoms with Gasteiger partial charge in [0.2, 0.25) is 0 Å². The van der Waals surface area contributed by atoms with E-state index in [1.54, 1.807) is 11.3 Å². The van der Waals surface area contributed by atoms with E-state index in [1.807, 2.05) is 6.07 Å². The third kappa shape index (κ3) is 3.19. The second-order valence-corrected chi connectivity index (χ2v) is 7.33. The van der Waals surface area contributed by atoms with Crippen molar-refractivity contribution in [3.63, 3.8) is 0 Å². The fraction of sp³-hybridized carbons (Fsp3) is 0.500. The zero-order chi connectivity index (χ0) is 14.7. The van der Waals surface area contributed by atoms with E-state index >= 15 is 0 Å². The number of hydrogen-bond acceptors (Lipinski definition) is 3. The number of ketones is 1. The molecule has 0 radical (unpaired) electrons. The van der Waals surface area contributed by atoms with Crippen LogP contribution in [0.15, 0.2) is 29.6 Å². The summed E-state index contributed by atoms with van der Waals surface area (Å²) in [7, 11) is 0. The van der Waals surface area contributed by atoms with Crippen molar-refractivity contribution in [3.05, 3.63) is 35.2 Å². The summed E-state index contributed by atoms with van der Waals surface area (Å²) >= 11 is 1.73. The summed E-state index contributed by atoms with van der Waals surface area (Å²) in [6, 6.07) is 8.34. The Morgan fingerprint density at radius 3 is 2.71 bits per heavy atom. The average molecular weight is 301 g/mol. The van der Waals surface area contributed by atoms with Crippen molar-refractivity contribution in [3.8, 4) is 0 Å². The summed E-state index contributed by atoms with van der Waals surface area (Å²) in [5, 5.41) is 3.37. The molecule has 0 spiro atoms. The van der Waals surface area contributed by atoms with Gasteiger partial charge < -0.3 is 5.73 Å². The van der Waals surface area contributed by atoms with Crippen LogP contribution in [0.3, 0.4) is 0 Å². The highest BCUT2D eigenvalue weighted by Crippen LogP contribution is 2.39. The molecular weight excluding hydrogens is 278 g/mol. The second-order valence-electron chi connectivity index (χ2n) is 6.41. The maximum absolute atomic E-state index is 12.5. The molecule has 2 nitrogen and oxygen atoms in total. The standard InChI is InChI=1S/C18H23NOS/c19-13-18(8-4-1-5-9-18)11-15(20)10-14-12-21-17-7-3-2-6-16(14)17/h2-3,6-7,12H,1,4-5,8-11,13,19H2. The van der Waals surface area contributed by atoms with Crippen LogP contribution in [0.4, 0.5) is 0 Å². The lowest BCUT2D eigenvalue weighted by atomic mass is 9.70. The number of hydrogen-bond donors (Lipinski definition) is 1. The monoisotopic (exact) mass is 301 g/mol.